The van der Waals surface area contributed by atoms with E-state index in [1.165, 1.54) is 12.3 Å². The molecular weight excluding hydrogens is 381 g/mol. The van der Waals surface area contributed by atoms with Gasteiger partial charge in [0, 0.05) is 37.3 Å². The monoisotopic (exact) mass is 398 g/mol. The molecule has 0 amide bonds. The highest BCUT2D eigenvalue weighted by Crippen LogP contribution is 2.37. The Morgan fingerprint density at radius 1 is 1.30 bits per heavy atom. The molecule has 0 bridgehead atoms. The molecule has 0 N–H and O–H groups in total. The fourth-order valence-corrected chi connectivity index (χ4v) is 3.63. The normalized spacial score (nSPS) is 13.3. The molecule has 3 heterocycles. The molecule has 0 fully saturated rings. The van der Waals surface area contributed by atoms with E-state index in [4.69, 9.17) is 11.6 Å². The van der Waals surface area contributed by atoms with Gasteiger partial charge < -0.3 is 4.57 Å². The molecule has 0 aliphatic rings. The molecule has 5 nitrogen and oxygen atoms in total. The third-order valence-corrected chi connectivity index (χ3v) is 4.91. The standard InChI is InChI=1S/C18H18ClF3N4O/c1-4-11(10-8-13(19)16(23-9-10)18(20,21)22)15-12-6-7-26(5-2)17(27)14(12)24-25(15)3/h6-9,11H,4-5H2,1-3H3. The van der Waals surface area contributed by atoms with Crippen molar-refractivity contribution in [1.29, 1.82) is 0 Å². The van der Waals surface area contributed by atoms with Crippen LogP contribution < -0.4 is 5.56 Å². The zero-order valence-electron chi connectivity index (χ0n) is 15.0. The molecule has 3 rings (SSSR count). The van der Waals surface area contributed by atoms with E-state index in [1.54, 1.807) is 22.5 Å². The van der Waals surface area contributed by atoms with Crippen molar-refractivity contribution in [2.75, 3.05) is 0 Å². The first-order chi connectivity index (χ1) is 12.7. The number of halogens is 4. The highest BCUT2D eigenvalue weighted by atomic mass is 35.5. The van der Waals surface area contributed by atoms with Gasteiger partial charge in [-0.2, -0.15) is 18.3 Å². The van der Waals surface area contributed by atoms with Gasteiger partial charge in [-0.15, -0.1) is 0 Å². The quantitative estimate of drug-likeness (QED) is 0.656. The molecule has 27 heavy (non-hydrogen) atoms. The van der Waals surface area contributed by atoms with Gasteiger partial charge in [0.1, 0.15) is 0 Å². The van der Waals surface area contributed by atoms with E-state index in [2.05, 4.69) is 10.1 Å². The summed E-state index contributed by atoms with van der Waals surface area (Å²) in [5.74, 6) is -0.302. The van der Waals surface area contributed by atoms with Crippen molar-refractivity contribution >= 4 is 22.5 Å². The molecule has 144 valence electrons. The van der Waals surface area contributed by atoms with Crippen molar-refractivity contribution in [3.8, 4) is 0 Å². The summed E-state index contributed by atoms with van der Waals surface area (Å²) in [6.07, 6.45) is -1.15. The molecule has 1 atom stereocenters. The molecule has 0 aliphatic carbocycles. The Kier molecular flexibility index (Phi) is 5.03. The Balaban J connectivity index is 2.17. The van der Waals surface area contributed by atoms with Gasteiger partial charge in [0.25, 0.3) is 5.56 Å². The summed E-state index contributed by atoms with van der Waals surface area (Å²) in [6, 6.07) is 3.10. The lowest BCUT2D eigenvalue weighted by Crippen LogP contribution is -2.18. The number of pyridine rings is 2. The molecule has 0 radical (unpaired) electrons. The molecule has 0 saturated heterocycles. The van der Waals surface area contributed by atoms with Crippen LogP contribution in [0.4, 0.5) is 13.2 Å². The Morgan fingerprint density at radius 3 is 2.56 bits per heavy atom. The van der Waals surface area contributed by atoms with Crippen LogP contribution >= 0.6 is 11.6 Å². The Bertz CT molecular complexity index is 1060. The summed E-state index contributed by atoms with van der Waals surface area (Å²) in [5, 5.41) is 4.57. The summed E-state index contributed by atoms with van der Waals surface area (Å²) < 4.78 is 41.9. The molecule has 0 aliphatic heterocycles. The van der Waals surface area contributed by atoms with E-state index < -0.39 is 16.9 Å². The van der Waals surface area contributed by atoms with Crippen LogP contribution in [-0.2, 0) is 19.8 Å². The molecule has 0 spiro atoms. The lowest BCUT2D eigenvalue weighted by Gasteiger charge is -2.18. The first-order valence-electron chi connectivity index (χ1n) is 8.47. The maximum atomic E-state index is 12.9. The van der Waals surface area contributed by atoms with E-state index in [-0.39, 0.29) is 11.5 Å². The Labute approximate surface area is 158 Å². The number of aromatic nitrogens is 4. The number of hydrogen-bond acceptors (Lipinski definition) is 3. The van der Waals surface area contributed by atoms with Crippen molar-refractivity contribution in [1.82, 2.24) is 19.3 Å². The average molecular weight is 399 g/mol. The van der Waals surface area contributed by atoms with Crippen molar-refractivity contribution < 1.29 is 13.2 Å². The number of alkyl halides is 3. The third kappa shape index (κ3) is 3.34. The highest BCUT2D eigenvalue weighted by Gasteiger charge is 2.35. The zero-order valence-corrected chi connectivity index (χ0v) is 15.8. The minimum absolute atomic E-state index is 0.199. The largest absolute Gasteiger partial charge is 0.434 e. The number of aryl methyl sites for hydroxylation is 2. The third-order valence-electron chi connectivity index (χ3n) is 4.63. The number of fused-ring (bicyclic) bond motifs is 1. The molecule has 3 aromatic heterocycles. The Morgan fingerprint density at radius 2 is 2.00 bits per heavy atom. The summed E-state index contributed by atoms with van der Waals surface area (Å²) in [7, 11) is 1.72. The van der Waals surface area contributed by atoms with Gasteiger partial charge in [-0.1, -0.05) is 18.5 Å². The van der Waals surface area contributed by atoms with Crippen LogP contribution in [-0.4, -0.2) is 19.3 Å². The highest BCUT2D eigenvalue weighted by molar-refractivity contribution is 6.31. The van der Waals surface area contributed by atoms with Crippen LogP contribution in [0.15, 0.2) is 29.3 Å². The molecule has 1 unspecified atom stereocenters. The maximum absolute atomic E-state index is 12.9. The van der Waals surface area contributed by atoms with Crippen LogP contribution in [0.3, 0.4) is 0 Å². The summed E-state index contributed by atoms with van der Waals surface area (Å²) in [4.78, 5) is 16.0. The second kappa shape index (κ2) is 6.99. The van der Waals surface area contributed by atoms with Crippen LogP contribution in [0.1, 0.15) is 43.1 Å². The zero-order chi connectivity index (χ0) is 19.9. The molecule has 3 aromatic rings. The molecule has 9 heteroatoms. The summed E-state index contributed by atoms with van der Waals surface area (Å²) in [5.41, 5.74) is 0.311. The fourth-order valence-electron chi connectivity index (χ4n) is 3.34. The lowest BCUT2D eigenvalue weighted by atomic mass is 9.92. The second-order valence-corrected chi connectivity index (χ2v) is 6.64. The van der Waals surface area contributed by atoms with E-state index >= 15 is 0 Å². The topological polar surface area (TPSA) is 52.7 Å². The SMILES string of the molecule is CCC(c1cnc(C(F)(F)F)c(Cl)c1)c1c2ccn(CC)c(=O)c2nn1C. The first-order valence-corrected chi connectivity index (χ1v) is 8.85. The van der Waals surface area contributed by atoms with Crippen LogP contribution in [0, 0.1) is 0 Å². The van der Waals surface area contributed by atoms with Crippen molar-refractivity contribution in [3.63, 3.8) is 0 Å². The minimum Gasteiger partial charge on any atom is -0.314 e. The lowest BCUT2D eigenvalue weighted by molar-refractivity contribution is -0.141. The molecular formula is C18H18ClF3N4O. The van der Waals surface area contributed by atoms with Crippen LogP contribution in [0.5, 0.6) is 0 Å². The van der Waals surface area contributed by atoms with E-state index in [0.29, 0.717) is 29.4 Å². The van der Waals surface area contributed by atoms with Gasteiger partial charge in [0.15, 0.2) is 11.2 Å². The van der Waals surface area contributed by atoms with Crippen molar-refractivity contribution in [2.24, 2.45) is 7.05 Å². The van der Waals surface area contributed by atoms with Gasteiger partial charge in [-0.05, 0) is 31.0 Å². The number of nitrogens with zero attached hydrogens (tertiary/aromatic N) is 4. The predicted molar refractivity (Wildman–Crippen MR) is 97.0 cm³/mol. The van der Waals surface area contributed by atoms with E-state index in [0.717, 1.165) is 5.69 Å². The van der Waals surface area contributed by atoms with Crippen molar-refractivity contribution in [3.05, 3.63) is 56.9 Å². The van der Waals surface area contributed by atoms with Crippen LogP contribution in [0.25, 0.3) is 10.9 Å². The minimum atomic E-state index is -4.61. The van der Waals surface area contributed by atoms with Gasteiger partial charge in [0.2, 0.25) is 0 Å². The van der Waals surface area contributed by atoms with Gasteiger partial charge in [-0.25, -0.2) is 0 Å². The summed E-state index contributed by atoms with van der Waals surface area (Å²) >= 11 is 5.84. The molecule has 0 saturated carbocycles. The van der Waals surface area contributed by atoms with Gasteiger partial charge in [0.05, 0.1) is 10.7 Å². The maximum Gasteiger partial charge on any atom is 0.434 e. The Hall–Kier alpha value is -2.35. The smallest absolute Gasteiger partial charge is 0.314 e. The fraction of sp³-hybridized carbons (Fsp3) is 0.389. The average Bonchev–Trinajstić information content (AvgIpc) is 2.92. The van der Waals surface area contributed by atoms with Gasteiger partial charge in [-0.3, -0.25) is 14.5 Å². The van der Waals surface area contributed by atoms with Gasteiger partial charge >= 0.3 is 6.18 Å². The number of hydrogen-bond donors (Lipinski definition) is 0. The van der Waals surface area contributed by atoms with Crippen LogP contribution in [0.2, 0.25) is 5.02 Å². The van der Waals surface area contributed by atoms with E-state index in [1.807, 2.05) is 19.9 Å². The molecule has 0 aromatic carbocycles. The summed E-state index contributed by atoms with van der Waals surface area (Å²) in [6.45, 7) is 4.29. The van der Waals surface area contributed by atoms with Crippen molar-refractivity contribution in [2.45, 2.75) is 38.9 Å². The number of rotatable bonds is 4. The predicted octanol–water partition coefficient (Wildman–Crippen LogP) is 4.36. The second-order valence-electron chi connectivity index (χ2n) is 6.24. The first kappa shape index (κ1) is 19.4. The van der Waals surface area contributed by atoms with E-state index in [9.17, 15) is 18.0 Å².